The molecule has 0 amide bonds. The smallest absolute Gasteiger partial charge is 0.0160 e. The average Bonchev–Trinajstić information content (AvgIpc) is 2.16. The number of hydrogen-bond donors (Lipinski definition) is 0. The van der Waals surface area contributed by atoms with Crippen molar-refractivity contribution in [1.82, 2.24) is 0 Å². The van der Waals surface area contributed by atoms with E-state index in [0.717, 1.165) is 11.3 Å². The minimum absolute atomic E-state index is 0.599. The topological polar surface area (TPSA) is 0 Å². The molecule has 0 nitrogen and oxygen atoms in total. The van der Waals surface area contributed by atoms with Crippen molar-refractivity contribution >= 4 is 11.8 Å². The molecule has 0 N–H and O–H groups in total. The van der Waals surface area contributed by atoms with E-state index in [-0.39, 0.29) is 0 Å². The molecule has 0 saturated heterocycles. The first-order valence-electron chi connectivity index (χ1n) is 4.56. The van der Waals surface area contributed by atoms with Crippen molar-refractivity contribution in [2.75, 3.05) is 5.75 Å². The van der Waals surface area contributed by atoms with Crippen LogP contribution < -0.4 is 0 Å². The summed E-state index contributed by atoms with van der Waals surface area (Å²) in [6, 6.07) is 0. The second kappa shape index (κ2) is 5.13. The van der Waals surface area contributed by atoms with Gasteiger partial charge in [-0.25, -0.2) is 0 Å². The summed E-state index contributed by atoms with van der Waals surface area (Å²) in [6.45, 7) is 8.42. The van der Waals surface area contributed by atoms with Gasteiger partial charge in [-0.3, -0.25) is 0 Å². The van der Waals surface area contributed by atoms with Gasteiger partial charge >= 0.3 is 0 Å². The van der Waals surface area contributed by atoms with Crippen LogP contribution in [0.1, 0.15) is 13.8 Å². The van der Waals surface area contributed by atoms with Crippen LogP contribution in [0.15, 0.2) is 47.4 Å². The van der Waals surface area contributed by atoms with E-state index in [1.807, 2.05) is 23.9 Å². The summed E-state index contributed by atoms with van der Waals surface area (Å²) in [7, 11) is 0. The van der Waals surface area contributed by atoms with Gasteiger partial charge in [0.15, 0.2) is 0 Å². The molecule has 1 aliphatic rings. The Morgan fingerprint density at radius 2 is 2.15 bits per heavy atom. The summed E-state index contributed by atoms with van der Waals surface area (Å²) in [4.78, 5) is 1.42. The molecular formula is C12H16S. The lowest BCUT2D eigenvalue weighted by molar-refractivity contribution is 0.816. The minimum atomic E-state index is 0.599. The molecule has 0 aromatic rings. The van der Waals surface area contributed by atoms with Gasteiger partial charge in [0.2, 0.25) is 0 Å². The SMILES string of the molecule is C=C1/C=C\C=C/CS/C(C(C)C)=C\1. The molecule has 1 heterocycles. The third-order valence-electron chi connectivity index (χ3n) is 1.80. The van der Waals surface area contributed by atoms with Crippen LogP contribution in [0.3, 0.4) is 0 Å². The molecular weight excluding hydrogens is 176 g/mol. The Balaban J connectivity index is 2.82. The van der Waals surface area contributed by atoms with E-state index in [1.165, 1.54) is 4.91 Å². The number of thioether (sulfide) groups is 1. The summed E-state index contributed by atoms with van der Waals surface area (Å²) in [5.41, 5.74) is 1.09. The summed E-state index contributed by atoms with van der Waals surface area (Å²) < 4.78 is 0. The predicted octanol–water partition coefficient (Wildman–Crippen LogP) is 3.94. The standard InChI is InChI=1S/C12H16S/c1-10(2)12-9-11(3)7-5-4-6-8-13-12/h4-7,9-10H,3,8H2,1-2H3/b6-4-,7-5-,12-9-. The van der Waals surface area contributed by atoms with Gasteiger partial charge in [0.25, 0.3) is 0 Å². The quantitative estimate of drug-likeness (QED) is 0.606. The van der Waals surface area contributed by atoms with Crippen LogP contribution in [0, 0.1) is 5.92 Å². The van der Waals surface area contributed by atoms with E-state index in [0.29, 0.717) is 5.92 Å². The summed E-state index contributed by atoms with van der Waals surface area (Å²) in [5, 5.41) is 0. The molecule has 0 aromatic carbocycles. The van der Waals surface area contributed by atoms with Crippen LogP contribution in [-0.4, -0.2) is 5.75 Å². The summed E-state index contributed by atoms with van der Waals surface area (Å²) in [6.07, 6.45) is 10.5. The number of hydrogen-bond acceptors (Lipinski definition) is 1. The molecule has 1 aliphatic heterocycles. The van der Waals surface area contributed by atoms with Gasteiger partial charge in [0.1, 0.15) is 0 Å². The molecule has 0 aromatic heterocycles. The predicted molar refractivity (Wildman–Crippen MR) is 62.8 cm³/mol. The molecule has 0 aliphatic carbocycles. The fourth-order valence-electron chi connectivity index (χ4n) is 1.06. The molecule has 0 spiro atoms. The molecule has 70 valence electrons. The lowest BCUT2D eigenvalue weighted by Gasteiger charge is -2.09. The van der Waals surface area contributed by atoms with Gasteiger partial charge in [0.05, 0.1) is 0 Å². The summed E-state index contributed by atoms with van der Waals surface area (Å²) in [5.74, 6) is 1.66. The van der Waals surface area contributed by atoms with Crippen LogP contribution in [0.4, 0.5) is 0 Å². The Kier molecular flexibility index (Phi) is 4.10. The minimum Gasteiger partial charge on any atom is -0.126 e. The first kappa shape index (κ1) is 10.4. The third-order valence-corrected chi connectivity index (χ3v) is 3.08. The maximum Gasteiger partial charge on any atom is 0.0160 e. The molecule has 0 saturated carbocycles. The molecule has 0 atom stereocenters. The van der Waals surface area contributed by atoms with Crippen LogP contribution in [0.25, 0.3) is 0 Å². The maximum atomic E-state index is 3.98. The van der Waals surface area contributed by atoms with Crippen LogP contribution >= 0.6 is 11.8 Å². The highest BCUT2D eigenvalue weighted by Crippen LogP contribution is 2.26. The van der Waals surface area contributed by atoms with E-state index >= 15 is 0 Å². The number of allylic oxidation sites excluding steroid dienone is 6. The zero-order valence-electron chi connectivity index (χ0n) is 8.29. The Hall–Kier alpha value is -0.690. The molecule has 1 rings (SSSR count). The van der Waals surface area contributed by atoms with Gasteiger partial charge in [-0.1, -0.05) is 44.7 Å². The summed E-state index contributed by atoms with van der Waals surface area (Å²) >= 11 is 1.90. The lowest BCUT2D eigenvalue weighted by Crippen LogP contribution is -1.90. The van der Waals surface area contributed by atoms with Crippen molar-refractivity contribution in [3.05, 3.63) is 47.4 Å². The average molecular weight is 192 g/mol. The van der Waals surface area contributed by atoms with Crippen molar-refractivity contribution in [3.8, 4) is 0 Å². The Bertz CT molecular complexity index is 267. The van der Waals surface area contributed by atoms with E-state index in [2.05, 4.69) is 38.7 Å². The largest absolute Gasteiger partial charge is 0.126 e. The zero-order valence-corrected chi connectivity index (χ0v) is 9.10. The van der Waals surface area contributed by atoms with Gasteiger partial charge in [0, 0.05) is 5.75 Å². The molecule has 0 radical (unpaired) electrons. The molecule has 13 heavy (non-hydrogen) atoms. The highest BCUT2D eigenvalue weighted by Gasteiger charge is 2.03. The Labute approximate surface area is 85.1 Å². The van der Waals surface area contributed by atoms with Gasteiger partial charge < -0.3 is 0 Å². The van der Waals surface area contributed by atoms with Crippen molar-refractivity contribution in [1.29, 1.82) is 0 Å². The van der Waals surface area contributed by atoms with E-state index < -0.39 is 0 Å². The fraction of sp³-hybridized carbons (Fsp3) is 0.333. The van der Waals surface area contributed by atoms with Gasteiger partial charge in [-0.15, -0.1) is 11.8 Å². The fourth-order valence-corrected chi connectivity index (χ4v) is 2.03. The van der Waals surface area contributed by atoms with Gasteiger partial charge in [-0.05, 0) is 22.5 Å². The van der Waals surface area contributed by atoms with E-state index in [4.69, 9.17) is 0 Å². The first-order valence-corrected chi connectivity index (χ1v) is 5.55. The molecule has 0 fully saturated rings. The van der Waals surface area contributed by atoms with Crippen molar-refractivity contribution in [2.45, 2.75) is 13.8 Å². The van der Waals surface area contributed by atoms with Crippen LogP contribution in [-0.2, 0) is 0 Å². The highest BCUT2D eigenvalue weighted by atomic mass is 32.2. The second-order valence-electron chi connectivity index (χ2n) is 3.37. The van der Waals surface area contributed by atoms with Gasteiger partial charge in [-0.2, -0.15) is 0 Å². The Morgan fingerprint density at radius 1 is 1.38 bits per heavy atom. The highest BCUT2D eigenvalue weighted by molar-refractivity contribution is 8.03. The van der Waals surface area contributed by atoms with Crippen molar-refractivity contribution in [3.63, 3.8) is 0 Å². The first-order chi connectivity index (χ1) is 6.20. The van der Waals surface area contributed by atoms with Crippen LogP contribution in [0.2, 0.25) is 0 Å². The van der Waals surface area contributed by atoms with Crippen LogP contribution in [0.5, 0.6) is 0 Å². The lowest BCUT2D eigenvalue weighted by atomic mass is 10.1. The second-order valence-corrected chi connectivity index (χ2v) is 4.47. The zero-order chi connectivity index (χ0) is 9.68. The maximum absolute atomic E-state index is 3.98. The van der Waals surface area contributed by atoms with E-state index in [9.17, 15) is 0 Å². The Morgan fingerprint density at radius 3 is 2.85 bits per heavy atom. The monoisotopic (exact) mass is 192 g/mol. The molecule has 1 heteroatoms. The normalized spacial score (nSPS) is 27.0. The third kappa shape index (κ3) is 3.69. The van der Waals surface area contributed by atoms with Crippen molar-refractivity contribution in [2.24, 2.45) is 5.92 Å². The molecule has 0 bridgehead atoms. The number of rotatable bonds is 1. The van der Waals surface area contributed by atoms with Crippen molar-refractivity contribution < 1.29 is 0 Å². The molecule has 0 unspecified atom stereocenters. The van der Waals surface area contributed by atoms with E-state index in [1.54, 1.807) is 0 Å².